The predicted octanol–water partition coefficient (Wildman–Crippen LogP) is 5.88. The van der Waals surface area contributed by atoms with E-state index in [0.29, 0.717) is 15.6 Å². The molecule has 0 aliphatic rings. The largest absolute Gasteiger partial charge is 0.359 e. The van der Waals surface area contributed by atoms with Gasteiger partial charge in [0.25, 0.3) is 0 Å². The van der Waals surface area contributed by atoms with Crippen LogP contribution in [0, 0.1) is 23.0 Å². The molecule has 0 bridgehead atoms. The molecule has 0 aliphatic carbocycles. The van der Waals surface area contributed by atoms with Gasteiger partial charge in [0.05, 0.1) is 15.7 Å². The fraction of sp³-hybridized carbons (Fsp3) is 0. The summed E-state index contributed by atoms with van der Waals surface area (Å²) in [4.78, 5) is 0. The van der Waals surface area contributed by atoms with Crippen LogP contribution in [-0.4, -0.2) is 5.16 Å². The summed E-state index contributed by atoms with van der Waals surface area (Å²) in [6.45, 7) is 0. The second-order valence-corrected chi connectivity index (χ2v) is 5.90. The zero-order valence-corrected chi connectivity index (χ0v) is 14.4. The van der Waals surface area contributed by atoms with E-state index in [1.165, 1.54) is 18.3 Å². The predicted molar refractivity (Wildman–Crippen MR) is 95.7 cm³/mol. The number of hydrogen-bond donors (Lipinski definition) is 1. The molecule has 130 valence electrons. The molecule has 0 radical (unpaired) electrons. The molecule has 1 aromatic heterocycles. The summed E-state index contributed by atoms with van der Waals surface area (Å²) in [7, 11) is 0. The van der Waals surface area contributed by atoms with Gasteiger partial charge in [0.1, 0.15) is 29.0 Å². The lowest BCUT2D eigenvalue weighted by atomic mass is 10.1. The molecule has 0 unspecified atom stereocenters. The summed E-state index contributed by atoms with van der Waals surface area (Å²) < 4.78 is 31.6. The minimum absolute atomic E-state index is 0.0649. The molecule has 3 rings (SSSR count). The number of hydrogen-bond acceptors (Lipinski definition) is 4. The van der Waals surface area contributed by atoms with E-state index in [2.05, 4.69) is 10.5 Å². The van der Waals surface area contributed by atoms with E-state index in [1.54, 1.807) is 18.2 Å². The van der Waals surface area contributed by atoms with Crippen molar-refractivity contribution >= 4 is 35.0 Å². The smallest absolute Gasteiger partial charge is 0.179 e. The Morgan fingerprint density at radius 3 is 2.54 bits per heavy atom. The number of benzene rings is 2. The van der Waals surface area contributed by atoms with Crippen molar-refractivity contribution in [1.82, 2.24) is 5.16 Å². The quantitative estimate of drug-likeness (QED) is 0.602. The van der Waals surface area contributed by atoms with Crippen molar-refractivity contribution in [1.29, 1.82) is 5.26 Å². The molecular weight excluding hydrogens is 383 g/mol. The summed E-state index contributed by atoms with van der Waals surface area (Å²) in [6, 6.07) is 10.0. The average molecular weight is 392 g/mol. The first-order valence-corrected chi connectivity index (χ1v) is 7.99. The Bertz CT molecular complexity index is 1020. The Labute approximate surface area is 157 Å². The molecule has 0 saturated heterocycles. The van der Waals surface area contributed by atoms with Crippen LogP contribution >= 0.6 is 23.2 Å². The van der Waals surface area contributed by atoms with E-state index < -0.39 is 11.6 Å². The van der Waals surface area contributed by atoms with Gasteiger partial charge >= 0.3 is 0 Å². The number of nitrogens with zero attached hydrogens (tertiary/aromatic N) is 2. The second-order valence-electron chi connectivity index (χ2n) is 5.08. The van der Waals surface area contributed by atoms with Gasteiger partial charge in [-0.2, -0.15) is 5.26 Å². The molecule has 3 aromatic rings. The Kier molecular flexibility index (Phi) is 5.21. The SMILES string of the molecule is N#Cc1c(-c2c(Cl)cccc2Cl)noc1/C=C/Nc1ccc(F)cc1F. The first-order valence-electron chi connectivity index (χ1n) is 7.23. The Hall–Kier alpha value is -2.88. The normalized spacial score (nSPS) is 10.9. The van der Waals surface area contributed by atoms with Crippen LogP contribution in [0.1, 0.15) is 11.3 Å². The first-order chi connectivity index (χ1) is 12.5. The average Bonchev–Trinajstić information content (AvgIpc) is 2.99. The molecule has 0 fully saturated rings. The van der Waals surface area contributed by atoms with Crippen molar-refractivity contribution in [2.45, 2.75) is 0 Å². The highest BCUT2D eigenvalue weighted by atomic mass is 35.5. The van der Waals surface area contributed by atoms with Gasteiger partial charge in [-0.1, -0.05) is 34.4 Å². The van der Waals surface area contributed by atoms with Crippen LogP contribution < -0.4 is 5.32 Å². The van der Waals surface area contributed by atoms with Gasteiger partial charge in [0.2, 0.25) is 0 Å². The number of aromatic nitrogens is 1. The van der Waals surface area contributed by atoms with Crippen molar-refractivity contribution in [3.63, 3.8) is 0 Å². The van der Waals surface area contributed by atoms with Crippen molar-refractivity contribution in [2.75, 3.05) is 5.32 Å². The van der Waals surface area contributed by atoms with Crippen LogP contribution in [0.4, 0.5) is 14.5 Å². The van der Waals surface area contributed by atoms with Crippen LogP contribution in [0.2, 0.25) is 10.0 Å². The van der Waals surface area contributed by atoms with E-state index in [1.807, 2.05) is 6.07 Å². The topological polar surface area (TPSA) is 61.9 Å². The number of rotatable bonds is 4. The fourth-order valence-corrected chi connectivity index (χ4v) is 2.81. The van der Waals surface area contributed by atoms with Crippen molar-refractivity contribution < 1.29 is 13.3 Å². The van der Waals surface area contributed by atoms with Crippen LogP contribution in [0.15, 0.2) is 47.1 Å². The monoisotopic (exact) mass is 391 g/mol. The van der Waals surface area contributed by atoms with Gasteiger partial charge < -0.3 is 9.84 Å². The molecule has 4 nitrogen and oxygen atoms in total. The lowest BCUT2D eigenvalue weighted by molar-refractivity contribution is 0.415. The maximum absolute atomic E-state index is 13.6. The van der Waals surface area contributed by atoms with Gasteiger partial charge in [-0.15, -0.1) is 0 Å². The van der Waals surface area contributed by atoms with Crippen LogP contribution in [-0.2, 0) is 0 Å². The number of nitrogens with one attached hydrogen (secondary N) is 1. The molecule has 8 heteroatoms. The molecule has 0 spiro atoms. The van der Waals surface area contributed by atoms with Crippen LogP contribution in [0.5, 0.6) is 0 Å². The zero-order chi connectivity index (χ0) is 18.7. The number of nitriles is 1. The molecule has 1 heterocycles. The van der Waals surface area contributed by atoms with Crippen LogP contribution in [0.25, 0.3) is 17.3 Å². The summed E-state index contributed by atoms with van der Waals surface area (Å²) in [5, 5.41) is 16.6. The number of anilines is 1. The Morgan fingerprint density at radius 1 is 1.15 bits per heavy atom. The maximum atomic E-state index is 13.6. The standard InChI is InChI=1S/C18H9Cl2F2N3O/c19-12-2-1-3-13(20)17(12)18-11(9-23)16(26-25-18)6-7-24-15-5-4-10(21)8-14(15)22/h1-8,24H/b7-6+. The highest BCUT2D eigenvalue weighted by Crippen LogP contribution is 2.36. The molecule has 0 aliphatic heterocycles. The highest BCUT2D eigenvalue weighted by molar-refractivity contribution is 6.39. The third kappa shape index (κ3) is 3.54. The molecule has 0 amide bonds. The first kappa shape index (κ1) is 17.9. The van der Waals surface area contributed by atoms with Gasteiger partial charge in [0.15, 0.2) is 5.76 Å². The lowest BCUT2D eigenvalue weighted by Gasteiger charge is -2.03. The molecule has 1 N–H and O–H groups in total. The highest BCUT2D eigenvalue weighted by Gasteiger charge is 2.20. The van der Waals surface area contributed by atoms with Crippen molar-refractivity contribution in [3.8, 4) is 17.3 Å². The summed E-state index contributed by atoms with van der Waals surface area (Å²) in [5.74, 6) is -1.30. The maximum Gasteiger partial charge on any atom is 0.179 e. The Morgan fingerprint density at radius 2 is 1.88 bits per heavy atom. The molecular formula is C18H9Cl2F2N3O. The summed E-state index contributed by atoms with van der Waals surface area (Å²) in [5.41, 5.74) is 0.775. The van der Waals surface area contributed by atoms with E-state index in [0.717, 1.165) is 12.1 Å². The lowest BCUT2D eigenvalue weighted by Crippen LogP contribution is -1.92. The van der Waals surface area contributed by atoms with E-state index in [-0.39, 0.29) is 22.7 Å². The van der Waals surface area contributed by atoms with Gasteiger partial charge in [0, 0.05) is 23.9 Å². The van der Waals surface area contributed by atoms with Gasteiger partial charge in [-0.05, 0) is 24.3 Å². The van der Waals surface area contributed by atoms with E-state index >= 15 is 0 Å². The molecule has 0 atom stereocenters. The van der Waals surface area contributed by atoms with Crippen LogP contribution in [0.3, 0.4) is 0 Å². The second kappa shape index (κ2) is 7.56. The molecule has 0 saturated carbocycles. The third-order valence-corrected chi connectivity index (χ3v) is 4.06. The van der Waals surface area contributed by atoms with E-state index in [9.17, 15) is 14.0 Å². The molecule has 26 heavy (non-hydrogen) atoms. The van der Waals surface area contributed by atoms with Crippen molar-refractivity contribution in [3.05, 3.63) is 75.6 Å². The minimum Gasteiger partial charge on any atom is -0.359 e. The van der Waals surface area contributed by atoms with Gasteiger partial charge in [-0.25, -0.2) is 8.78 Å². The third-order valence-electron chi connectivity index (χ3n) is 3.43. The molecule has 2 aromatic carbocycles. The summed E-state index contributed by atoms with van der Waals surface area (Å²) >= 11 is 12.3. The van der Waals surface area contributed by atoms with Crippen molar-refractivity contribution in [2.24, 2.45) is 0 Å². The minimum atomic E-state index is -0.753. The fourth-order valence-electron chi connectivity index (χ4n) is 2.23. The number of halogens is 4. The Balaban J connectivity index is 1.90. The zero-order valence-electron chi connectivity index (χ0n) is 12.9. The summed E-state index contributed by atoms with van der Waals surface area (Å²) in [6.07, 6.45) is 2.73. The van der Waals surface area contributed by atoms with E-state index in [4.69, 9.17) is 27.7 Å². The van der Waals surface area contributed by atoms with Gasteiger partial charge in [-0.3, -0.25) is 0 Å².